The predicted molar refractivity (Wildman–Crippen MR) is 88.5 cm³/mol. The van der Waals surface area contributed by atoms with Gasteiger partial charge >= 0.3 is 0 Å². The number of carbonyl (C=O) groups excluding carboxylic acids is 1. The Morgan fingerprint density at radius 1 is 1.40 bits per heavy atom. The van der Waals surface area contributed by atoms with Gasteiger partial charge in [0.25, 0.3) is 5.91 Å². The smallest absolute Gasteiger partial charge is 0.258 e. The molecular weight excluding hydrogens is 327 g/mol. The Morgan fingerprint density at radius 3 is 2.88 bits per heavy atom. The maximum absolute atomic E-state index is 14.2. The lowest BCUT2D eigenvalue weighted by molar-refractivity contribution is 0.0918. The van der Waals surface area contributed by atoms with Crippen LogP contribution in [0.15, 0.2) is 12.1 Å². The summed E-state index contributed by atoms with van der Waals surface area (Å²) in [6.07, 6.45) is 2.21. The predicted octanol–water partition coefficient (Wildman–Crippen LogP) is 1.74. The van der Waals surface area contributed by atoms with Crippen LogP contribution >= 0.6 is 0 Å². The van der Waals surface area contributed by atoms with Crippen LogP contribution in [0, 0.1) is 5.82 Å². The van der Waals surface area contributed by atoms with Crippen molar-refractivity contribution in [1.82, 2.24) is 20.1 Å². The number of nitrogens with zero attached hydrogens (tertiary/aromatic N) is 3. The van der Waals surface area contributed by atoms with Crippen LogP contribution in [0.4, 0.5) is 4.39 Å². The summed E-state index contributed by atoms with van der Waals surface area (Å²) in [7, 11) is 2.82. The maximum Gasteiger partial charge on any atom is 0.258 e. The van der Waals surface area contributed by atoms with Crippen molar-refractivity contribution in [3.05, 3.63) is 35.2 Å². The SMILES string of the molecule is CCc1nc2n(n1)CC(NC(=O)c1c(F)ccc(OC)c1OC)CC2. The zero-order valence-corrected chi connectivity index (χ0v) is 14.5. The minimum absolute atomic E-state index is 0.0884. The van der Waals surface area contributed by atoms with Gasteiger partial charge in [0.15, 0.2) is 17.3 Å². The molecule has 0 fully saturated rings. The minimum atomic E-state index is -0.652. The number of halogens is 1. The maximum atomic E-state index is 14.2. The van der Waals surface area contributed by atoms with Gasteiger partial charge in [0.1, 0.15) is 17.2 Å². The Labute approximate surface area is 145 Å². The molecule has 25 heavy (non-hydrogen) atoms. The molecule has 1 aromatic heterocycles. The zero-order chi connectivity index (χ0) is 18.0. The molecule has 1 atom stereocenters. The van der Waals surface area contributed by atoms with E-state index in [1.54, 1.807) is 0 Å². The summed E-state index contributed by atoms with van der Waals surface area (Å²) in [5, 5.41) is 7.28. The van der Waals surface area contributed by atoms with E-state index in [-0.39, 0.29) is 17.4 Å². The van der Waals surface area contributed by atoms with E-state index >= 15 is 0 Å². The van der Waals surface area contributed by atoms with Crippen LogP contribution in [0.3, 0.4) is 0 Å². The third kappa shape index (κ3) is 3.29. The molecule has 0 saturated heterocycles. The van der Waals surface area contributed by atoms with Gasteiger partial charge < -0.3 is 14.8 Å². The third-order valence-corrected chi connectivity index (χ3v) is 4.28. The van der Waals surface area contributed by atoms with E-state index in [1.807, 2.05) is 11.6 Å². The highest BCUT2D eigenvalue weighted by molar-refractivity contribution is 5.98. The summed E-state index contributed by atoms with van der Waals surface area (Å²) in [4.78, 5) is 17.1. The van der Waals surface area contributed by atoms with Crippen LogP contribution in [0.2, 0.25) is 0 Å². The number of ether oxygens (including phenoxy) is 2. The lowest BCUT2D eigenvalue weighted by Gasteiger charge is -2.24. The first-order valence-corrected chi connectivity index (χ1v) is 8.21. The van der Waals surface area contributed by atoms with E-state index in [4.69, 9.17) is 9.47 Å². The first kappa shape index (κ1) is 17.2. The monoisotopic (exact) mass is 348 g/mol. The molecule has 8 heteroatoms. The fraction of sp³-hybridized carbons (Fsp3) is 0.471. The Kier molecular flexibility index (Phi) is 4.87. The quantitative estimate of drug-likeness (QED) is 0.890. The van der Waals surface area contributed by atoms with Gasteiger partial charge in [-0.2, -0.15) is 5.10 Å². The Balaban J connectivity index is 1.79. The van der Waals surface area contributed by atoms with Crippen molar-refractivity contribution in [2.75, 3.05) is 14.2 Å². The van der Waals surface area contributed by atoms with Crippen molar-refractivity contribution >= 4 is 5.91 Å². The van der Waals surface area contributed by atoms with Gasteiger partial charge in [0.2, 0.25) is 0 Å². The largest absolute Gasteiger partial charge is 0.493 e. The van der Waals surface area contributed by atoms with E-state index in [0.717, 1.165) is 30.9 Å². The number of amides is 1. The molecular formula is C17H21FN4O3. The highest BCUT2D eigenvalue weighted by Crippen LogP contribution is 2.32. The van der Waals surface area contributed by atoms with Crippen LogP contribution in [-0.2, 0) is 19.4 Å². The zero-order valence-electron chi connectivity index (χ0n) is 14.5. The number of methoxy groups -OCH3 is 2. The molecule has 0 bridgehead atoms. The molecule has 3 rings (SSSR count). The first-order valence-electron chi connectivity index (χ1n) is 8.21. The number of benzene rings is 1. The summed E-state index contributed by atoms with van der Waals surface area (Å²) >= 11 is 0. The van der Waals surface area contributed by atoms with E-state index in [9.17, 15) is 9.18 Å². The van der Waals surface area contributed by atoms with Gasteiger partial charge in [-0.3, -0.25) is 4.79 Å². The number of hydrogen-bond acceptors (Lipinski definition) is 5. The highest BCUT2D eigenvalue weighted by atomic mass is 19.1. The van der Waals surface area contributed by atoms with Crippen molar-refractivity contribution in [1.29, 1.82) is 0 Å². The van der Waals surface area contributed by atoms with Crippen LogP contribution < -0.4 is 14.8 Å². The number of nitrogens with one attached hydrogen (secondary N) is 1. The number of rotatable bonds is 5. The van der Waals surface area contributed by atoms with Gasteiger partial charge in [-0.1, -0.05) is 6.92 Å². The molecule has 0 aliphatic carbocycles. The molecule has 134 valence electrons. The average Bonchev–Trinajstić information content (AvgIpc) is 3.03. The average molecular weight is 348 g/mol. The van der Waals surface area contributed by atoms with Gasteiger partial charge in [-0.05, 0) is 18.6 Å². The van der Waals surface area contributed by atoms with Crippen molar-refractivity contribution in [3.8, 4) is 11.5 Å². The molecule has 1 aromatic carbocycles. The van der Waals surface area contributed by atoms with E-state index in [2.05, 4.69) is 15.4 Å². The molecule has 1 unspecified atom stereocenters. The van der Waals surface area contributed by atoms with E-state index in [1.165, 1.54) is 26.4 Å². The molecule has 7 nitrogen and oxygen atoms in total. The van der Waals surface area contributed by atoms with Crippen LogP contribution in [0.1, 0.15) is 35.4 Å². The summed E-state index contributed by atoms with van der Waals surface area (Å²) in [6, 6.07) is 2.47. The van der Waals surface area contributed by atoms with Crippen molar-refractivity contribution in [3.63, 3.8) is 0 Å². The Morgan fingerprint density at radius 2 is 2.20 bits per heavy atom. The van der Waals surface area contributed by atoms with Gasteiger partial charge in [-0.15, -0.1) is 0 Å². The minimum Gasteiger partial charge on any atom is -0.493 e. The molecule has 0 radical (unpaired) electrons. The van der Waals surface area contributed by atoms with E-state index < -0.39 is 11.7 Å². The highest BCUT2D eigenvalue weighted by Gasteiger charge is 2.27. The molecule has 1 aliphatic heterocycles. The second-order valence-corrected chi connectivity index (χ2v) is 5.85. The number of aryl methyl sites for hydroxylation is 2. The number of carbonyl (C=O) groups is 1. The topological polar surface area (TPSA) is 78.3 Å². The van der Waals surface area contributed by atoms with E-state index in [0.29, 0.717) is 12.3 Å². The van der Waals surface area contributed by atoms with Gasteiger partial charge in [0.05, 0.1) is 20.8 Å². The summed E-state index contributed by atoms with van der Waals surface area (Å²) in [5.41, 5.74) is -0.152. The van der Waals surface area contributed by atoms with Gasteiger partial charge in [-0.25, -0.2) is 14.1 Å². The molecule has 1 N–H and O–H groups in total. The molecule has 1 aliphatic rings. The lowest BCUT2D eigenvalue weighted by Crippen LogP contribution is -2.41. The fourth-order valence-electron chi connectivity index (χ4n) is 3.00. The van der Waals surface area contributed by atoms with Crippen molar-refractivity contribution in [2.24, 2.45) is 0 Å². The van der Waals surface area contributed by atoms with Crippen molar-refractivity contribution in [2.45, 2.75) is 38.8 Å². The van der Waals surface area contributed by atoms with Crippen LogP contribution in [0.5, 0.6) is 11.5 Å². The summed E-state index contributed by atoms with van der Waals surface area (Å²) in [6.45, 7) is 2.51. The summed E-state index contributed by atoms with van der Waals surface area (Å²) in [5.74, 6) is 0.933. The number of hydrogen-bond donors (Lipinski definition) is 1. The second kappa shape index (κ2) is 7.08. The van der Waals surface area contributed by atoms with Crippen LogP contribution in [-0.4, -0.2) is 40.9 Å². The summed E-state index contributed by atoms with van der Waals surface area (Å²) < 4.78 is 26.4. The number of aromatic nitrogens is 3. The Hall–Kier alpha value is -2.64. The normalized spacial score (nSPS) is 16.2. The van der Waals surface area contributed by atoms with Crippen molar-refractivity contribution < 1.29 is 18.7 Å². The molecule has 2 aromatic rings. The standard InChI is InChI=1S/C17H21FN4O3/c1-4-13-20-14-8-5-10(9-22(14)21-13)19-17(23)15-11(18)6-7-12(24-2)16(15)25-3/h6-7,10H,4-5,8-9H2,1-3H3,(H,19,23). The lowest BCUT2D eigenvalue weighted by atomic mass is 10.1. The van der Waals surface area contributed by atoms with Crippen LogP contribution in [0.25, 0.3) is 0 Å². The fourth-order valence-corrected chi connectivity index (χ4v) is 3.00. The third-order valence-electron chi connectivity index (χ3n) is 4.28. The Bertz CT molecular complexity index is 790. The second-order valence-electron chi connectivity index (χ2n) is 5.85. The molecule has 0 saturated carbocycles. The van der Waals surface area contributed by atoms with Gasteiger partial charge in [0, 0.05) is 18.9 Å². The first-order chi connectivity index (χ1) is 12.1. The molecule has 2 heterocycles. The number of fused-ring (bicyclic) bond motifs is 1. The molecule has 1 amide bonds. The molecule has 0 spiro atoms.